The fraction of sp³-hybridized carbons (Fsp3) is 0.235. The van der Waals surface area contributed by atoms with E-state index in [1.807, 2.05) is 0 Å². The molecule has 0 saturated heterocycles. The Labute approximate surface area is 137 Å². The highest BCUT2D eigenvalue weighted by Gasteiger charge is 2.30. The Balaban J connectivity index is 2.16. The first-order valence-electron chi connectivity index (χ1n) is 7.07. The van der Waals surface area contributed by atoms with Gasteiger partial charge in [-0.2, -0.15) is 13.2 Å². The second kappa shape index (κ2) is 7.35. The summed E-state index contributed by atoms with van der Waals surface area (Å²) in [6, 6.07) is 10.5. The molecule has 0 radical (unpaired) electrons. The minimum atomic E-state index is -4.44. The van der Waals surface area contributed by atoms with Crippen molar-refractivity contribution in [3.05, 3.63) is 59.7 Å². The van der Waals surface area contributed by atoms with E-state index in [2.05, 4.69) is 4.74 Å². The first-order valence-corrected chi connectivity index (χ1v) is 7.07. The van der Waals surface area contributed by atoms with Gasteiger partial charge < -0.3 is 15.2 Å². The standard InChI is InChI=1S/C17H16F3NO3/c1-23-16(22)10-15(21)11-4-2-6-13(8-11)24-14-7-3-5-12(9-14)17(18,19)20/h2-9,15H,10,21H2,1H3/t15-/m1/s1. The molecule has 24 heavy (non-hydrogen) atoms. The second-order valence-corrected chi connectivity index (χ2v) is 5.09. The molecule has 2 aromatic rings. The van der Waals surface area contributed by atoms with Crippen LogP contribution in [0.1, 0.15) is 23.6 Å². The number of benzene rings is 2. The molecule has 0 aromatic heterocycles. The number of carbonyl (C=O) groups excluding carboxylic acids is 1. The highest BCUT2D eigenvalue weighted by Crippen LogP contribution is 2.33. The monoisotopic (exact) mass is 339 g/mol. The number of esters is 1. The maximum Gasteiger partial charge on any atom is 0.416 e. The van der Waals surface area contributed by atoms with Crippen molar-refractivity contribution in [3.8, 4) is 11.5 Å². The molecule has 0 aliphatic rings. The molecule has 2 N–H and O–H groups in total. The van der Waals surface area contributed by atoms with Gasteiger partial charge in [0, 0.05) is 6.04 Å². The van der Waals surface area contributed by atoms with E-state index < -0.39 is 23.8 Å². The predicted octanol–water partition coefficient (Wildman–Crippen LogP) is 4.06. The molecule has 0 aliphatic carbocycles. The van der Waals surface area contributed by atoms with E-state index in [9.17, 15) is 18.0 Å². The van der Waals surface area contributed by atoms with Crippen LogP contribution < -0.4 is 10.5 Å². The first-order chi connectivity index (χ1) is 11.3. The van der Waals surface area contributed by atoms with Crippen LogP contribution in [0.5, 0.6) is 11.5 Å². The Morgan fingerprint density at radius 1 is 1.12 bits per heavy atom. The van der Waals surface area contributed by atoms with Crippen LogP contribution in [0, 0.1) is 0 Å². The summed E-state index contributed by atoms with van der Waals surface area (Å²) < 4.78 is 48.2. The lowest BCUT2D eigenvalue weighted by Gasteiger charge is -2.13. The largest absolute Gasteiger partial charge is 0.469 e. The number of rotatable bonds is 5. The van der Waals surface area contributed by atoms with Gasteiger partial charge >= 0.3 is 12.1 Å². The summed E-state index contributed by atoms with van der Waals surface area (Å²) in [6.07, 6.45) is -4.45. The Kier molecular flexibility index (Phi) is 5.46. The normalized spacial score (nSPS) is 12.5. The second-order valence-electron chi connectivity index (χ2n) is 5.09. The average molecular weight is 339 g/mol. The zero-order chi connectivity index (χ0) is 17.7. The van der Waals surface area contributed by atoms with Crippen molar-refractivity contribution in [1.82, 2.24) is 0 Å². The van der Waals surface area contributed by atoms with E-state index in [0.717, 1.165) is 12.1 Å². The van der Waals surface area contributed by atoms with E-state index in [1.165, 1.54) is 19.2 Å². The Morgan fingerprint density at radius 2 is 1.75 bits per heavy atom. The maximum absolute atomic E-state index is 12.7. The van der Waals surface area contributed by atoms with Crippen LogP contribution in [0.3, 0.4) is 0 Å². The number of ether oxygens (including phenoxy) is 2. The van der Waals surface area contributed by atoms with Gasteiger partial charge in [0.15, 0.2) is 0 Å². The van der Waals surface area contributed by atoms with Gasteiger partial charge in [-0.05, 0) is 35.9 Å². The van der Waals surface area contributed by atoms with Crippen LogP contribution in [-0.4, -0.2) is 13.1 Å². The fourth-order valence-electron chi connectivity index (χ4n) is 2.06. The molecule has 0 saturated carbocycles. The van der Waals surface area contributed by atoms with Crippen LogP contribution in [0.2, 0.25) is 0 Å². The summed E-state index contributed by atoms with van der Waals surface area (Å²) in [5.41, 5.74) is 5.73. The predicted molar refractivity (Wildman–Crippen MR) is 81.5 cm³/mol. The number of hydrogen-bond donors (Lipinski definition) is 1. The zero-order valence-electron chi connectivity index (χ0n) is 12.8. The van der Waals surface area contributed by atoms with E-state index in [-0.39, 0.29) is 12.2 Å². The van der Waals surface area contributed by atoms with Gasteiger partial charge in [-0.15, -0.1) is 0 Å². The maximum atomic E-state index is 12.7. The molecule has 2 rings (SSSR count). The van der Waals surface area contributed by atoms with Crippen molar-refractivity contribution in [2.75, 3.05) is 7.11 Å². The molecule has 0 bridgehead atoms. The van der Waals surface area contributed by atoms with E-state index >= 15 is 0 Å². The van der Waals surface area contributed by atoms with Gasteiger partial charge in [0.25, 0.3) is 0 Å². The summed E-state index contributed by atoms with van der Waals surface area (Å²) >= 11 is 0. The number of halogens is 3. The Hall–Kier alpha value is -2.54. The molecule has 2 aromatic carbocycles. The molecular weight excluding hydrogens is 323 g/mol. The summed E-state index contributed by atoms with van der Waals surface area (Å²) in [5, 5.41) is 0. The highest BCUT2D eigenvalue weighted by atomic mass is 19.4. The topological polar surface area (TPSA) is 61.5 Å². The minimum absolute atomic E-state index is 0.0104. The number of nitrogens with two attached hydrogens (primary N) is 1. The van der Waals surface area contributed by atoms with Crippen LogP contribution in [-0.2, 0) is 15.7 Å². The Bertz CT molecular complexity index is 716. The molecule has 4 nitrogen and oxygen atoms in total. The third kappa shape index (κ3) is 4.73. The summed E-state index contributed by atoms with van der Waals surface area (Å²) in [6.45, 7) is 0. The third-order valence-corrected chi connectivity index (χ3v) is 3.30. The van der Waals surface area contributed by atoms with Gasteiger partial charge in [0.2, 0.25) is 0 Å². The van der Waals surface area contributed by atoms with Crippen LogP contribution >= 0.6 is 0 Å². The first kappa shape index (κ1) is 17.8. The smallest absolute Gasteiger partial charge is 0.416 e. The number of hydrogen-bond acceptors (Lipinski definition) is 4. The summed E-state index contributed by atoms with van der Waals surface area (Å²) in [4.78, 5) is 11.3. The van der Waals surface area contributed by atoms with Crippen molar-refractivity contribution >= 4 is 5.97 Å². The molecular formula is C17H16F3NO3. The summed E-state index contributed by atoms with van der Waals surface area (Å²) in [5.74, 6) is -0.0673. The number of methoxy groups -OCH3 is 1. The zero-order valence-corrected chi connectivity index (χ0v) is 12.8. The highest BCUT2D eigenvalue weighted by molar-refractivity contribution is 5.70. The number of alkyl halides is 3. The molecule has 0 spiro atoms. The van der Waals surface area contributed by atoms with E-state index in [1.54, 1.807) is 24.3 Å². The molecule has 1 atom stereocenters. The Morgan fingerprint density at radius 3 is 2.38 bits per heavy atom. The van der Waals surface area contributed by atoms with E-state index in [4.69, 9.17) is 10.5 Å². The molecule has 0 aliphatic heterocycles. The quantitative estimate of drug-likeness (QED) is 0.835. The van der Waals surface area contributed by atoms with Crippen molar-refractivity contribution in [1.29, 1.82) is 0 Å². The van der Waals surface area contributed by atoms with Gasteiger partial charge in [0.1, 0.15) is 11.5 Å². The van der Waals surface area contributed by atoms with Crippen LogP contribution in [0.4, 0.5) is 13.2 Å². The fourth-order valence-corrected chi connectivity index (χ4v) is 2.06. The average Bonchev–Trinajstić information content (AvgIpc) is 2.54. The van der Waals surface area contributed by atoms with Gasteiger partial charge in [-0.3, -0.25) is 4.79 Å². The SMILES string of the molecule is COC(=O)C[C@@H](N)c1cccc(Oc2cccc(C(F)(F)F)c2)c1. The van der Waals surface area contributed by atoms with Gasteiger partial charge in [-0.1, -0.05) is 18.2 Å². The molecule has 0 heterocycles. The van der Waals surface area contributed by atoms with Crippen molar-refractivity contribution in [2.45, 2.75) is 18.6 Å². The lowest BCUT2D eigenvalue weighted by atomic mass is 10.0. The lowest BCUT2D eigenvalue weighted by Crippen LogP contribution is -2.16. The molecule has 128 valence electrons. The minimum Gasteiger partial charge on any atom is -0.469 e. The summed E-state index contributed by atoms with van der Waals surface area (Å²) in [7, 11) is 1.27. The van der Waals surface area contributed by atoms with Gasteiger partial charge in [-0.25, -0.2) is 0 Å². The third-order valence-electron chi connectivity index (χ3n) is 3.30. The van der Waals surface area contributed by atoms with Crippen molar-refractivity contribution < 1.29 is 27.4 Å². The lowest BCUT2D eigenvalue weighted by molar-refractivity contribution is -0.141. The van der Waals surface area contributed by atoms with Gasteiger partial charge in [0.05, 0.1) is 19.1 Å². The van der Waals surface area contributed by atoms with E-state index in [0.29, 0.717) is 11.3 Å². The number of carbonyl (C=O) groups is 1. The van der Waals surface area contributed by atoms with Crippen molar-refractivity contribution in [2.24, 2.45) is 5.73 Å². The molecule has 0 fully saturated rings. The van der Waals surface area contributed by atoms with Crippen molar-refractivity contribution in [3.63, 3.8) is 0 Å². The van der Waals surface area contributed by atoms with Crippen LogP contribution in [0.15, 0.2) is 48.5 Å². The van der Waals surface area contributed by atoms with Crippen LogP contribution in [0.25, 0.3) is 0 Å². The molecule has 7 heteroatoms. The molecule has 0 unspecified atom stereocenters. The molecule has 0 amide bonds.